The van der Waals surface area contributed by atoms with E-state index in [-0.39, 0.29) is 57.0 Å². The van der Waals surface area contributed by atoms with E-state index in [1.54, 1.807) is 7.11 Å². The summed E-state index contributed by atoms with van der Waals surface area (Å²) in [4.78, 5) is 0. The van der Waals surface area contributed by atoms with Gasteiger partial charge in [-0.2, -0.15) is 9.12 Å². The minimum atomic E-state index is -1.67. The summed E-state index contributed by atoms with van der Waals surface area (Å²) in [6, 6.07) is -0.206. The van der Waals surface area contributed by atoms with E-state index in [0.29, 0.717) is 6.61 Å². The van der Waals surface area contributed by atoms with Gasteiger partial charge in [0, 0.05) is 39.8 Å². The van der Waals surface area contributed by atoms with Crippen LogP contribution in [-0.4, -0.2) is 70.2 Å². The topological polar surface area (TPSA) is 36.9 Å². The molecular weight excluding hydrogens is 378 g/mol. The van der Waals surface area contributed by atoms with Gasteiger partial charge in [-0.15, -0.1) is 0 Å². The van der Waals surface area contributed by atoms with Crippen LogP contribution in [0.3, 0.4) is 0 Å². The average molecular weight is 397 g/mol. The molecule has 4 nitrogen and oxygen atoms in total. The molecule has 0 aromatic carbocycles. The molecule has 1 heterocycles. The Morgan fingerprint density at radius 3 is 2.53 bits per heavy atom. The van der Waals surface area contributed by atoms with Gasteiger partial charge in [-0.25, -0.2) is 5.55 Å². The number of methoxy groups -OCH3 is 1. The van der Waals surface area contributed by atoms with Gasteiger partial charge in [-0.1, -0.05) is 6.30 Å². The van der Waals surface area contributed by atoms with Crippen molar-refractivity contribution in [3.63, 3.8) is 0 Å². The second-order valence-electron chi connectivity index (χ2n) is 4.60. The van der Waals surface area contributed by atoms with Gasteiger partial charge in [0.05, 0.1) is 12.6 Å². The van der Waals surface area contributed by atoms with E-state index in [1.165, 1.54) is 0 Å². The van der Waals surface area contributed by atoms with Gasteiger partial charge in [0.1, 0.15) is 18.3 Å². The molecule has 0 N–H and O–H groups in total. The Morgan fingerprint density at radius 2 is 2.11 bits per heavy atom. The van der Waals surface area contributed by atoms with Crippen LogP contribution in [0.25, 0.3) is 0 Å². The fourth-order valence-corrected chi connectivity index (χ4v) is 3.19. The molecular formula is C10H19BO4P2SY-. The first-order valence-corrected chi connectivity index (χ1v) is 9.38. The zero-order chi connectivity index (χ0) is 13.8. The summed E-state index contributed by atoms with van der Waals surface area (Å²) in [5, 5.41) is 0. The molecule has 0 aromatic rings. The maximum atomic E-state index is 6.02. The van der Waals surface area contributed by atoms with Gasteiger partial charge < -0.3 is 31.0 Å². The maximum absolute atomic E-state index is 6.02. The summed E-state index contributed by atoms with van der Waals surface area (Å²) >= 11 is 4.65. The van der Waals surface area contributed by atoms with E-state index < -0.39 is 7.11 Å². The molecule has 0 amide bonds. The third kappa shape index (κ3) is 6.53. The van der Waals surface area contributed by atoms with Crippen molar-refractivity contribution in [2.24, 2.45) is 0 Å². The van der Waals surface area contributed by atoms with Gasteiger partial charge in [-0.3, -0.25) is 0 Å². The predicted molar refractivity (Wildman–Crippen MR) is 84.2 cm³/mol. The molecule has 9 heteroatoms. The van der Waals surface area contributed by atoms with Crippen molar-refractivity contribution in [2.75, 3.05) is 27.0 Å². The first-order valence-electron chi connectivity index (χ1n) is 5.52. The van der Waals surface area contributed by atoms with Crippen LogP contribution in [0.15, 0.2) is 0 Å². The Bertz CT molecular complexity index is 331. The predicted octanol–water partition coefficient (Wildman–Crippen LogP) is 1.08. The monoisotopic (exact) mass is 397 g/mol. The molecule has 19 heavy (non-hydrogen) atoms. The van der Waals surface area contributed by atoms with Gasteiger partial charge in [0.15, 0.2) is 7.00 Å². The molecule has 1 saturated heterocycles. The normalized spacial score (nSPS) is 30.5. The fraction of sp³-hybridized carbons (Fsp3) is 0.800. The third-order valence-electron chi connectivity index (χ3n) is 2.46. The second-order valence-corrected chi connectivity index (χ2v) is 8.51. The third-order valence-corrected chi connectivity index (χ3v) is 3.75. The van der Waals surface area contributed by atoms with E-state index in [9.17, 15) is 0 Å². The van der Waals surface area contributed by atoms with Crippen LogP contribution in [0.5, 0.6) is 0 Å². The summed E-state index contributed by atoms with van der Waals surface area (Å²) in [5.41, 5.74) is 2.30. The van der Waals surface area contributed by atoms with Gasteiger partial charge in [0.2, 0.25) is 0 Å². The summed E-state index contributed by atoms with van der Waals surface area (Å²) in [6.07, 6.45) is 3.31. The van der Waals surface area contributed by atoms with Crippen LogP contribution >= 0.6 is 28.4 Å². The molecule has 0 saturated carbocycles. The number of ether oxygens (including phenoxy) is 3. The van der Waals surface area contributed by atoms with Crippen molar-refractivity contribution in [3.05, 3.63) is 0 Å². The Hall–Kier alpha value is 1.67. The van der Waals surface area contributed by atoms with Crippen LogP contribution in [0, 0.1) is 0 Å². The molecule has 2 unspecified atom stereocenters. The first-order chi connectivity index (χ1) is 8.42. The smallest absolute Gasteiger partial charge is 0.182 e. The van der Waals surface area contributed by atoms with E-state index in [0.717, 1.165) is 0 Å². The van der Waals surface area contributed by atoms with E-state index in [1.807, 2.05) is 20.3 Å². The largest absolute Gasteiger partial charge is 0.677 e. The Morgan fingerprint density at radius 1 is 1.47 bits per heavy atom. The van der Waals surface area contributed by atoms with Crippen molar-refractivity contribution < 1.29 is 51.4 Å². The van der Waals surface area contributed by atoms with Crippen molar-refractivity contribution in [1.29, 1.82) is 0 Å². The number of hydrogen-bond acceptors (Lipinski definition) is 5. The van der Waals surface area contributed by atoms with Crippen LogP contribution < -0.4 is 0 Å². The second kappa shape index (κ2) is 9.64. The Kier molecular flexibility index (Phi) is 10.5. The summed E-state index contributed by atoms with van der Waals surface area (Å²) in [7, 11) is 2.48. The zero-order valence-corrected chi connectivity index (χ0v) is 17.1. The number of thiocarbonyl (C=S) groups is 1. The SMILES string of the molecule is C=P(C)(C)O[C@@H]1C(O[C-]=S)[C@H]([B]P)O[C@@H]1COC.[Y]. The van der Waals surface area contributed by atoms with Crippen molar-refractivity contribution in [1.82, 2.24) is 0 Å². The van der Waals surface area contributed by atoms with Crippen LogP contribution in [0.1, 0.15) is 0 Å². The minimum absolute atomic E-state index is 0. The Labute approximate surface area is 149 Å². The molecule has 0 spiro atoms. The van der Waals surface area contributed by atoms with Crippen LogP contribution in [-0.2, 0) is 51.4 Å². The molecule has 5 atom stereocenters. The fourth-order valence-electron chi connectivity index (χ4n) is 1.86. The molecule has 0 bridgehead atoms. The van der Waals surface area contributed by atoms with Gasteiger partial charge in [-0.05, 0) is 20.4 Å². The molecule has 1 fully saturated rings. The van der Waals surface area contributed by atoms with Crippen LogP contribution in [0.4, 0.5) is 0 Å². The number of hydrogen-bond donors (Lipinski definition) is 0. The Balaban J connectivity index is 0.00000324. The molecule has 1 rings (SSSR count). The van der Waals surface area contributed by atoms with Gasteiger partial charge in [0.25, 0.3) is 0 Å². The zero-order valence-electron chi connectivity index (χ0n) is 11.4. The van der Waals surface area contributed by atoms with Crippen LogP contribution in [0.2, 0.25) is 0 Å². The quantitative estimate of drug-likeness (QED) is 0.278. The molecule has 2 radical (unpaired) electrons. The van der Waals surface area contributed by atoms with E-state index in [2.05, 4.69) is 33.2 Å². The van der Waals surface area contributed by atoms with Crippen molar-refractivity contribution >= 4 is 47.3 Å². The maximum Gasteiger partial charge on any atom is 0.182 e. The first kappa shape index (κ1) is 20.7. The summed E-state index contributed by atoms with van der Waals surface area (Å²) in [5.74, 6) is 0. The van der Waals surface area contributed by atoms with Gasteiger partial charge >= 0.3 is 0 Å². The van der Waals surface area contributed by atoms with Crippen molar-refractivity contribution in [2.45, 2.75) is 24.3 Å². The van der Waals surface area contributed by atoms with Crippen molar-refractivity contribution in [3.8, 4) is 0 Å². The van der Waals surface area contributed by atoms with E-state index in [4.69, 9.17) is 18.7 Å². The molecule has 0 aliphatic carbocycles. The summed E-state index contributed by atoms with van der Waals surface area (Å²) < 4.78 is 22.3. The number of rotatable bonds is 7. The molecule has 106 valence electrons. The minimum Gasteiger partial charge on any atom is -0.677 e. The average Bonchev–Trinajstić information content (AvgIpc) is 2.57. The van der Waals surface area contributed by atoms with E-state index >= 15 is 0 Å². The molecule has 1 aliphatic rings. The summed E-state index contributed by atoms with van der Waals surface area (Å²) in [6.45, 7) is 6.27. The molecule has 0 aromatic heterocycles. The molecule has 1 aliphatic heterocycles. The standard InChI is InChI=1S/C10H19BO4P2S.Y/c1-12-5-7-8(15-17(2,3)4)9(13-6-18)10(11-16)14-7;/h7-10H,2,5,16H2,1,3-4H3;/q-1;/t7-,8+,9?,10-;/m1./s1.